The molecule has 5 nitrogen and oxygen atoms in total. The van der Waals surface area contributed by atoms with Gasteiger partial charge >= 0.3 is 0 Å². The van der Waals surface area contributed by atoms with E-state index in [1.807, 2.05) is 4.68 Å². The summed E-state index contributed by atoms with van der Waals surface area (Å²) in [4.78, 5) is 4.76. The Morgan fingerprint density at radius 1 is 1.12 bits per heavy atom. The molecule has 126 valence electrons. The van der Waals surface area contributed by atoms with E-state index in [0.29, 0.717) is 12.5 Å². The molecule has 2 heterocycles. The molecule has 2 aromatic heterocycles. The molecule has 0 amide bonds. The van der Waals surface area contributed by atoms with E-state index in [1.54, 1.807) is 11.3 Å². The molecule has 0 fully saturated rings. The smallest absolute Gasteiger partial charge is 0.157 e. The Morgan fingerprint density at radius 2 is 1.83 bits per heavy atom. The highest BCUT2D eigenvalue weighted by molar-refractivity contribution is 7.13. The minimum Gasteiger partial charge on any atom is -0.239 e. The van der Waals surface area contributed by atoms with Crippen molar-refractivity contribution in [1.82, 2.24) is 25.2 Å². The molecule has 0 saturated heterocycles. The Hall–Kier alpha value is -2.08. The number of hydrogen-bond acceptors (Lipinski definition) is 5. The van der Waals surface area contributed by atoms with E-state index in [2.05, 4.69) is 79.8 Å². The molecule has 0 saturated carbocycles. The van der Waals surface area contributed by atoms with Gasteiger partial charge < -0.3 is 0 Å². The predicted octanol–water partition coefficient (Wildman–Crippen LogP) is 4.27. The number of aromatic nitrogens is 5. The van der Waals surface area contributed by atoms with E-state index in [-0.39, 0.29) is 5.41 Å². The zero-order valence-corrected chi connectivity index (χ0v) is 15.6. The maximum Gasteiger partial charge on any atom is 0.157 e. The second kappa shape index (κ2) is 6.43. The normalized spacial score (nSPS) is 12.1. The summed E-state index contributed by atoms with van der Waals surface area (Å²) >= 11 is 1.66. The van der Waals surface area contributed by atoms with Gasteiger partial charge in [-0.3, -0.25) is 0 Å². The van der Waals surface area contributed by atoms with Crippen LogP contribution < -0.4 is 0 Å². The van der Waals surface area contributed by atoms with Crippen molar-refractivity contribution in [2.24, 2.45) is 0 Å². The zero-order valence-electron chi connectivity index (χ0n) is 14.8. The summed E-state index contributed by atoms with van der Waals surface area (Å²) < 4.78 is 1.83. The van der Waals surface area contributed by atoms with Crippen LogP contribution in [0.5, 0.6) is 0 Å². The van der Waals surface area contributed by atoms with Crippen LogP contribution in [0.15, 0.2) is 29.6 Å². The summed E-state index contributed by atoms with van der Waals surface area (Å²) in [6.45, 7) is 11.3. The molecule has 0 aliphatic heterocycles. The molecule has 0 N–H and O–H groups in total. The lowest BCUT2D eigenvalue weighted by atomic mass is 9.96. The maximum absolute atomic E-state index is 4.76. The van der Waals surface area contributed by atoms with E-state index in [4.69, 9.17) is 4.98 Å². The molecule has 3 aromatic rings. The molecule has 0 aliphatic rings. The predicted molar refractivity (Wildman–Crippen MR) is 97.3 cm³/mol. The van der Waals surface area contributed by atoms with Gasteiger partial charge in [0.25, 0.3) is 0 Å². The molecular formula is C18H23N5S. The molecule has 0 aliphatic carbocycles. The topological polar surface area (TPSA) is 56.5 Å². The number of benzene rings is 1. The van der Waals surface area contributed by atoms with Gasteiger partial charge in [0.15, 0.2) is 5.82 Å². The van der Waals surface area contributed by atoms with Crippen molar-refractivity contribution in [2.75, 3.05) is 0 Å². The lowest BCUT2D eigenvalue weighted by Crippen LogP contribution is -2.20. The van der Waals surface area contributed by atoms with Gasteiger partial charge in [0.05, 0.1) is 12.2 Å². The molecule has 3 rings (SSSR count). The van der Waals surface area contributed by atoms with E-state index in [9.17, 15) is 0 Å². The molecule has 0 unspecified atom stereocenters. The van der Waals surface area contributed by atoms with Crippen LogP contribution in [0, 0.1) is 0 Å². The number of hydrogen-bond donors (Lipinski definition) is 0. The third-order valence-electron chi connectivity index (χ3n) is 3.89. The highest BCUT2D eigenvalue weighted by Crippen LogP contribution is 2.26. The summed E-state index contributed by atoms with van der Waals surface area (Å²) in [7, 11) is 0. The van der Waals surface area contributed by atoms with Crippen LogP contribution in [0.3, 0.4) is 0 Å². The van der Waals surface area contributed by atoms with Crippen LogP contribution in [0.2, 0.25) is 0 Å². The minimum atomic E-state index is -0.0883. The van der Waals surface area contributed by atoms with Crippen LogP contribution in [0.25, 0.3) is 10.6 Å². The summed E-state index contributed by atoms with van der Waals surface area (Å²) in [5.74, 6) is 1.42. The highest BCUT2D eigenvalue weighted by Gasteiger charge is 2.22. The van der Waals surface area contributed by atoms with E-state index < -0.39 is 0 Å². The van der Waals surface area contributed by atoms with Crippen molar-refractivity contribution >= 4 is 11.3 Å². The Bertz CT molecular complexity index is 809. The zero-order chi connectivity index (χ0) is 17.3. The molecule has 0 atom stereocenters. The molecule has 24 heavy (non-hydrogen) atoms. The first-order valence-electron chi connectivity index (χ1n) is 8.16. The van der Waals surface area contributed by atoms with Crippen molar-refractivity contribution in [1.29, 1.82) is 0 Å². The van der Waals surface area contributed by atoms with Crippen LogP contribution in [0.4, 0.5) is 0 Å². The van der Waals surface area contributed by atoms with Crippen molar-refractivity contribution in [3.05, 3.63) is 46.7 Å². The summed E-state index contributed by atoms with van der Waals surface area (Å²) in [6.07, 6.45) is 0. The van der Waals surface area contributed by atoms with Crippen LogP contribution in [-0.2, 0) is 12.0 Å². The van der Waals surface area contributed by atoms with Crippen molar-refractivity contribution in [3.63, 3.8) is 0 Å². The van der Waals surface area contributed by atoms with Crippen molar-refractivity contribution in [2.45, 2.75) is 52.5 Å². The summed E-state index contributed by atoms with van der Waals surface area (Å²) in [6, 6.07) is 8.66. The Balaban J connectivity index is 1.80. The molecule has 0 bridgehead atoms. The standard InChI is InChI=1S/C18H23N5S/c1-12(2)13-6-8-14(9-7-13)16-19-15(11-24-16)10-23-17(18(3,4)5)20-21-22-23/h6-9,11-12H,10H2,1-5H3. The van der Waals surface area contributed by atoms with Gasteiger partial charge in [-0.15, -0.1) is 16.4 Å². The molecule has 1 aromatic carbocycles. The fourth-order valence-electron chi connectivity index (χ4n) is 2.52. The number of thiazole rings is 1. The third-order valence-corrected chi connectivity index (χ3v) is 4.83. The van der Waals surface area contributed by atoms with Crippen molar-refractivity contribution in [3.8, 4) is 10.6 Å². The SMILES string of the molecule is CC(C)c1ccc(-c2nc(Cn3nnnc3C(C)(C)C)cs2)cc1. The lowest BCUT2D eigenvalue weighted by Gasteiger charge is -2.16. The van der Waals surface area contributed by atoms with E-state index in [0.717, 1.165) is 22.1 Å². The number of tetrazole rings is 1. The monoisotopic (exact) mass is 341 g/mol. The lowest BCUT2D eigenvalue weighted by molar-refractivity contribution is 0.488. The van der Waals surface area contributed by atoms with Gasteiger partial charge in [-0.2, -0.15) is 0 Å². The Kier molecular flexibility index (Phi) is 4.49. The first-order valence-corrected chi connectivity index (χ1v) is 9.04. The maximum atomic E-state index is 4.76. The van der Waals surface area contributed by atoms with Crippen LogP contribution in [0.1, 0.15) is 57.6 Å². The van der Waals surface area contributed by atoms with Gasteiger partial charge in [0.1, 0.15) is 5.01 Å². The molecule has 0 spiro atoms. The van der Waals surface area contributed by atoms with E-state index in [1.165, 1.54) is 5.56 Å². The van der Waals surface area contributed by atoms with Gasteiger partial charge in [-0.25, -0.2) is 9.67 Å². The minimum absolute atomic E-state index is 0.0883. The summed E-state index contributed by atoms with van der Waals surface area (Å²) in [5.41, 5.74) is 3.40. The average molecular weight is 341 g/mol. The van der Waals surface area contributed by atoms with Crippen LogP contribution in [-0.4, -0.2) is 25.2 Å². The first kappa shape index (κ1) is 16.8. The number of nitrogens with zero attached hydrogens (tertiary/aromatic N) is 5. The second-order valence-electron chi connectivity index (χ2n) is 7.33. The summed E-state index contributed by atoms with van der Waals surface area (Å²) in [5, 5.41) is 15.2. The fraction of sp³-hybridized carbons (Fsp3) is 0.444. The number of rotatable bonds is 4. The molecule has 0 radical (unpaired) electrons. The van der Waals surface area contributed by atoms with Gasteiger partial charge in [0, 0.05) is 16.4 Å². The van der Waals surface area contributed by atoms with Crippen LogP contribution >= 0.6 is 11.3 Å². The fourth-order valence-corrected chi connectivity index (χ4v) is 3.34. The van der Waals surface area contributed by atoms with Gasteiger partial charge in [0.2, 0.25) is 0 Å². The van der Waals surface area contributed by atoms with E-state index >= 15 is 0 Å². The van der Waals surface area contributed by atoms with Gasteiger partial charge in [-0.1, -0.05) is 58.9 Å². The largest absolute Gasteiger partial charge is 0.239 e. The Labute approximate surface area is 146 Å². The highest BCUT2D eigenvalue weighted by atomic mass is 32.1. The molecular weight excluding hydrogens is 318 g/mol. The van der Waals surface area contributed by atoms with Crippen molar-refractivity contribution < 1.29 is 0 Å². The average Bonchev–Trinajstić information content (AvgIpc) is 3.16. The first-order chi connectivity index (χ1) is 11.3. The Morgan fingerprint density at radius 3 is 2.46 bits per heavy atom. The van der Waals surface area contributed by atoms with Gasteiger partial charge in [-0.05, 0) is 21.9 Å². The second-order valence-corrected chi connectivity index (χ2v) is 8.19. The quantitative estimate of drug-likeness (QED) is 0.711. The third kappa shape index (κ3) is 3.53. The molecule has 6 heteroatoms.